The molecule has 2 aliphatic rings. The molecule has 1 aromatic rings. The van der Waals surface area contributed by atoms with Crippen LogP contribution < -0.4 is 4.90 Å². The molecular weight excluding hydrogens is 298 g/mol. The maximum absolute atomic E-state index is 11.8. The molecule has 3 rings (SSSR count). The molecule has 122 valence electrons. The van der Waals surface area contributed by atoms with Crippen LogP contribution in [-0.4, -0.2) is 45.6 Å². The second-order valence-corrected chi connectivity index (χ2v) is 7.35. The summed E-state index contributed by atoms with van der Waals surface area (Å²) in [5.41, 5.74) is 1.01. The Hall–Kier alpha value is -0.980. The molecule has 2 heterocycles. The Morgan fingerprint density at radius 3 is 2.91 bits per heavy atom. The van der Waals surface area contributed by atoms with Crippen LogP contribution in [0.1, 0.15) is 51.6 Å². The molecule has 2 fully saturated rings. The van der Waals surface area contributed by atoms with Gasteiger partial charge in [-0.3, -0.25) is 14.6 Å². The number of likely N-dealkylation sites (tertiary alicyclic amines) is 1. The fourth-order valence-corrected chi connectivity index (χ4v) is 4.26. The third-order valence-corrected chi connectivity index (χ3v) is 5.47. The van der Waals surface area contributed by atoms with E-state index in [9.17, 15) is 9.90 Å². The van der Waals surface area contributed by atoms with Crippen LogP contribution in [0.2, 0.25) is 0 Å². The van der Waals surface area contributed by atoms with E-state index in [1.807, 2.05) is 11.8 Å². The van der Waals surface area contributed by atoms with E-state index in [0.29, 0.717) is 6.04 Å². The highest BCUT2D eigenvalue weighted by molar-refractivity contribution is 7.14. The van der Waals surface area contributed by atoms with Gasteiger partial charge in [-0.1, -0.05) is 6.42 Å². The second-order valence-electron chi connectivity index (χ2n) is 6.52. The number of rotatable bonds is 5. The van der Waals surface area contributed by atoms with Crippen molar-refractivity contribution in [1.29, 1.82) is 0 Å². The summed E-state index contributed by atoms with van der Waals surface area (Å²) in [6.45, 7) is 5.28. The third kappa shape index (κ3) is 3.50. The highest BCUT2D eigenvalue weighted by atomic mass is 32.1. The fourth-order valence-electron chi connectivity index (χ4n) is 3.33. The lowest BCUT2D eigenvalue weighted by molar-refractivity contribution is -0.116. The number of aliphatic hydroxyl groups is 1. The smallest absolute Gasteiger partial charge is 0.225 e. The number of nitrogens with zero attached hydrogens (tertiary/aromatic N) is 3. The minimum atomic E-state index is -0.307. The zero-order valence-electron chi connectivity index (χ0n) is 13.4. The molecular formula is C16H25N3O2S. The molecule has 1 saturated carbocycles. The van der Waals surface area contributed by atoms with Crippen molar-refractivity contribution in [2.45, 2.75) is 70.7 Å². The number of aliphatic hydroxyl groups excluding tert-OH is 1. The lowest BCUT2D eigenvalue weighted by Gasteiger charge is -2.37. The van der Waals surface area contributed by atoms with E-state index in [1.54, 1.807) is 18.3 Å². The topological polar surface area (TPSA) is 56.7 Å². The van der Waals surface area contributed by atoms with Crippen LogP contribution in [0, 0.1) is 0 Å². The monoisotopic (exact) mass is 323 g/mol. The standard InChI is InChI=1S/C16H25N3O2S/c1-11(20)15-5-3-4-8-18(15)9-13-10-22-16(17-13)19(12(2)21)14-6-7-14/h10-11,14-15,20H,3-9H2,1-2H3. The van der Waals surface area contributed by atoms with Crippen molar-refractivity contribution in [3.63, 3.8) is 0 Å². The van der Waals surface area contributed by atoms with Crippen molar-refractivity contribution in [2.75, 3.05) is 11.4 Å². The van der Waals surface area contributed by atoms with E-state index >= 15 is 0 Å². The van der Waals surface area contributed by atoms with Gasteiger partial charge in [0, 0.05) is 30.9 Å². The summed E-state index contributed by atoms with van der Waals surface area (Å²) in [4.78, 5) is 20.7. The molecule has 1 amide bonds. The molecule has 0 radical (unpaired) electrons. The van der Waals surface area contributed by atoms with E-state index in [1.165, 1.54) is 12.8 Å². The molecule has 1 N–H and O–H groups in total. The molecule has 2 atom stereocenters. The van der Waals surface area contributed by atoms with E-state index in [4.69, 9.17) is 0 Å². The summed E-state index contributed by atoms with van der Waals surface area (Å²) in [5, 5.41) is 12.8. The minimum Gasteiger partial charge on any atom is -0.392 e. The summed E-state index contributed by atoms with van der Waals surface area (Å²) >= 11 is 1.56. The Balaban J connectivity index is 1.69. The molecule has 22 heavy (non-hydrogen) atoms. The van der Waals surface area contributed by atoms with E-state index in [2.05, 4.69) is 15.3 Å². The number of thiazole rings is 1. The van der Waals surface area contributed by atoms with E-state index in [-0.39, 0.29) is 18.1 Å². The Morgan fingerprint density at radius 2 is 2.27 bits per heavy atom. The summed E-state index contributed by atoms with van der Waals surface area (Å²) in [7, 11) is 0. The largest absolute Gasteiger partial charge is 0.392 e. The van der Waals surface area contributed by atoms with Gasteiger partial charge in [-0.15, -0.1) is 11.3 Å². The first-order valence-electron chi connectivity index (χ1n) is 8.22. The lowest BCUT2D eigenvalue weighted by atomic mass is 9.98. The first-order valence-corrected chi connectivity index (χ1v) is 9.10. The first kappa shape index (κ1) is 15.9. The van der Waals surface area contributed by atoms with Gasteiger partial charge in [-0.2, -0.15) is 0 Å². The van der Waals surface area contributed by atoms with E-state index in [0.717, 1.165) is 43.2 Å². The zero-order chi connectivity index (χ0) is 15.7. The van der Waals surface area contributed by atoms with Crippen LogP contribution in [0.4, 0.5) is 5.13 Å². The van der Waals surface area contributed by atoms with Crippen LogP contribution in [-0.2, 0) is 11.3 Å². The van der Waals surface area contributed by atoms with Crippen molar-refractivity contribution in [1.82, 2.24) is 9.88 Å². The van der Waals surface area contributed by atoms with Crippen LogP contribution in [0.3, 0.4) is 0 Å². The summed E-state index contributed by atoms with van der Waals surface area (Å²) in [6.07, 6.45) is 5.29. The van der Waals surface area contributed by atoms with Gasteiger partial charge in [-0.25, -0.2) is 4.98 Å². The molecule has 1 aromatic heterocycles. The number of aromatic nitrogens is 1. The predicted molar refractivity (Wildman–Crippen MR) is 88.0 cm³/mol. The second kappa shape index (κ2) is 6.64. The molecule has 0 bridgehead atoms. The zero-order valence-corrected chi connectivity index (χ0v) is 14.2. The Bertz CT molecular complexity index is 527. The predicted octanol–water partition coefficient (Wildman–Crippen LogP) is 2.39. The molecule has 5 nitrogen and oxygen atoms in total. The number of anilines is 1. The van der Waals surface area contributed by atoms with Crippen LogP contribution >= 0.6 is 11.3 Å². The number of piperidine rings is 1. The van der Waals surface area contributed by atoms with Crippen LogP contribution in [0.5, 0.6) is 0 Å². The van der Waals surface area contributed by atoms with Gasteiger partial charge in [0.25, 0.3) is 0 Å². The lowest BCUT2D eigenvalue weighted by Crippen LogP contribution is -2.45. The van der Waals surface area contributed by atoms with Crippen molar-refractivity contribution < 1.29 is 9.90 Å². The molecule has 0 aromatic carbocycles. The van der Waals surface area contributed by atoms with E-state index < -0.39 is 0 Å². The minimum absolute atomic E-state index is 0.0863. The van der Waals surface area contributed by atoms with Gasteiger partial charge in [0.15, 0.2) is 5.13 Å². The van der Waals surface area contributed by atoms with Crippen molar-refractivity contribution in [3.8, 4) is 0 Å². The highest BCUT2D eigenvalue weighted by Crippen LogP contribution is 2.34. The van der Waals surface area contributed by atoms with Crippen LogP contribution in [0.25, 0.3) is 0 Å². The maximum atomic E-state index is 11.8. The molecule has 0 spiro atoms. The van der Waals surface area contributed by atoms with Gasteiger partial charge in [0.2, 0.25) is 5.91 Å². The molecule has 1 aliphatic heterocycles. The van der Waals surface area contributed by atoms with Gasteiger partial charge in [0.1, 0.15) is 0 Å². The Labute approximate surface area is 135 Å². The SMILES string of the molecule is CC(=O)N(c1nc(CN2CCCCC2C(C)O)cs1)C1CC1. The average molecular weight is 323 g/mol. The molecule has 1 aliphatic carbocycles. The van der Waals surface area contributed by atoms with Gasteiger partial charge >= 0.3 is 0 Å². The number of hydrogen-bond donors (Lipinski definition) is 1. The first-order chi connectivity index (χ1) is 10.6. The van der Waals surface area contributed by atoms with Gasteiger partial charge in [0.05, 0.1) is 11.8 Å². The summed E-state index contributed by atoms with van der Waals surface area (Å²) in [5.74, 6) is 0.0863. The van der Waals surface area contributed by atoms with Gasteiger partial charge < -0.3 is 5.11 Å². The Morgan fingerprint density at radius 1 is 1.50 bits per heavy atom. The third-order valence-electron chi connectivity index (χ3n) is 4.58. The number of hydrogen-bond acceptors (Lipinski definition) is 5. The Kier molecular flexibility index (Phi) is 4.80. The number of carbonyl (C=O) groups is 1. The van der Waals surface area contributed by atoms with Crippen molar-refractivity contribution in [3.05, 3.63) is 11.1 Å². The maximum Gasteiger partial charge on any atom is 0.225 e. The van der Waals surface area contributed by atoms with Gasteiger partial charge in [-0.05, 0) is 39.2 Å². The van der Waals surface area contributed by atoms with Crippen LogP contribution in [0.15, 0.2) is 5.38 Å². The molecule has 1 saturated heterocycles. The highest BCUT2D eigenvalue weighted by Gasteiger charge is 2.34. The summed E-state index contributed by atoms with van der Waals surface area (Å²) < 4.78 is 0. The summed E-state index contributed by atoms with van der Waals surface area (Å²) in [6, 6.07) is 0.586. The fraction of sp³-hybridized carbons (Fsp3) is 0.750. The average Bonchev–Trinajstić information content (AvgIpc) is 3.19. The number of carbonyl (C=O) groups excluding carboxylic acids is 1. The molecule has 2 unspecified atom stereocenters. The van der Waals surface area contributed by atoms with Crippen molar-refractivity contribution in [2.24, 2.45) is 0 Å². The quantitative estimate of drug-likeness (QED) is 0.904. The van der Waals surface area contributed by atoms with Crippen molar-refractivity contribution >= 4 is 22.4 Å². The normalized spacial score (nSPS) is 24.2. The number of amides is 1. The molecule has 6 heteroatoms.